The van der Waals surface area contributed by atoms with E-state index in [9.17, 15) is 19.5 Å². The van der Waals surface area contributed by atoms with E-state index < -0.39 is 29.3 Å². The maximum Gasteiger partial charge on any atom is 0.408 e. The molecule has 1 rings (SSSR count). The van der Waals surface area contributed by atoms with Crippen molar-refractivity contribution in [1.29, 1.82) is 0 Å². The van der Waals surface area contributed by atoms with Gasteiger partial charge in [0.15, 0.2) is 0 Å². The first kappa shape index (κ1) is 30.3. The van der Waals surface area contributed by atoms with E-state index in [-0.39, 0.29) is 29.5 Å². The number of phenolic OH excluding ortho intramolecular Hbond substituents is 1. The molecule has 0 fully saturated rings. The second-order valence-electron chi connectivity index (χ2n) is 11.5. The third kappa shape index (κ3) is 9.07. The van der Waals surface area contributed by atoms with Gasteiger partial charge in [-0.2, -0.15) is 0 Å². The summed E-state index contributed by atoms with van der Waals surface area (Å²) < 4.78 is 5.41. The van der Waals surface area contributed by atoms with E-state index in [0.717, 1.165) is 0 Å². The van der Waals surface area contributed by atoms with E-state index in [0.29, 0.717) is 17.5 Å². The topological polar surface area (TPSA) is 108 Å². The third-order valence-corrected chi connectivity index (χ3v) is 5.52. The highest BCUT2D eigenvalue weighted by Crippen LogP contribution is 2.30. The van der Waals surface area contributed by atoms with Gasteiger partial charge in [-0.05, 0) is 91.5 Å². The molecule has 35 heavy (non-hydrogen) atoms. The highest BCUT2D eigenvalue weighted by Gasteiger charge is 2.40. The number of phenols is 1. The van der Waals surface area contributed by atoms with E-state index >= 15 is 0 Å². The minimum atomic E-state index is -0.965. The number of nitrogens with zero attached hydrogens (tertiary/aromatic N) is 1. The summed E-state index contributed by atoms with van der Waals surface area (Å²) in [5.74, 6) is -0.816. The molecule has 0 saturated carbocycles. The van der Waals surface area contributed by atoms with Gasteiger partial charge < -0.3 is 25.4 Å². The number of rotatable bonds is 8. The van der Waals surface area contributed by atoms with E-state index in [1.54, 1.807) is 39.8 Å². The molecule has 0 spiro atoms. The number of ether oxygens (including phenoxy) is 1. The molecular formula is C27H45N3O5. The summed E-state index contributed by atoms with van der Waals surface area (Å²) in [6.45, 7) is 20.1. The summed E-state index contributed by atoms with van der Waals surface area (Å²) in [7, 11) is 0. The van der Waals surface area contributed by atoms with Crippen LogP contribution in [-0.2, 0) is 14.3 Å². The smallest absolute Gasteiger partial charge is 0.408 e. The van der Waals surface area contributed by atoms with Crippen LogP contribution >= 0.6 is 0 Å². The summed E-state index contributed by atoms with van der Waals surface area (Å²) in [6.07, 6.45) is -0.0500. The highest BCUT2D eigenvalue weighted by molar-refractivity contribution is 5.92. The predicted octanol–water partition coefficient (Wildman–Crippen LogP) is 4.83. The summed E-state index contributed by atoms with van der Waals surface area (Å²) in [4.78, 5) is 41.8. The van der Waals surface area contributed by atoms with Crippen LogP contribution in [0, 0.1) is 12.8 Å². The van der Waals surface area contributed by atoms with Gasteiger partial charge in [0.25, 0.3) is 0 Å². The van der Waals surface area contributed by atoms with Crippen molar-refractivity contribution in [2.24, 2.45) is 5.92 Å². The molecule has 3 atom stereocenters. The lowest BCUT2D eigenvalue weighted by molar-refractivity contribution is -0.146. The van der Waals surface area contributed by atoms with Crippen LogP contribution in [0.15, 0.2) is 18.2 Å². The van der Waals surface area contributed by atoms with Gasteiger partial charge in [0, 0.05) is 11.6 Å². The number of carbonyl (C=O) groups is 3. The van der Waals surface area contributed by atoms with Gasteiger partial charge in [-0.3, -0.25) is 9.59 Å². The van der Waals surface area contributed by atoms with Crippen LogP contribution in [0.2, 0.25) is 0 Å². The van der Waals surface area contributed by atoms with Crippen LogP contribution in [-0.4, -0.2) is 51.1 Å². The first-order valence-electron chi connectivity index (χ1n) is 12.3. The van der Waals surface area contributed by atoms with Crippen molar-refractivity contribution >= 4 is 17.9 Å². The SMILES string of the molecule is CCC(C)C(NC(=O)OC(C)(C)C)C(=O)N(C(C)C)C(C(=O)NC(C)(C)C)c1ccc(O)c(C)c1. The predicted molar refractivity (Wildman–Crippen MR) is 138 cm³/mol. The number of benzene rings is 1. The standard InChI is InChI=1S/C27H45N3O5/c1-12-17(4)21(28-25(34)35-27(9,10)11)24(33)30(16(2)3)22(23(32)29-26(6,7)8)19-13-14-20(31)18(5)15-19/h13-17,21-22,31H,12H2,1-11H3,(H,28,34)(H,29,32). The molecule has 0 aliphatic heterocycles. The second-order valence-corrected chi connectivity index (χ2v) is 11.5. The normalized spacial score (nSPS) is 14.6. The molecule has 1 aromatic rings. The first-order chi connectivity index (χ1) is 15.9. The van der Waals surface area contributed by atoms with Crippen LogP contribution in [0.4, 0.5) is 4.79 Å². The van der Waals surface area contributed by atoms with Crippen molar-refractivity contribution in [1.82, 2.24) is 15.5 Å². The average molecular weight is 492 g/mol. The van der Waals surface area contributed by atoms with Crippen molar-refractivity contribution in [3.05, 3.63) is 29.3 Å². The zero-order chi connectivity index (χ0) is 27.3. The van der Waals surface area contributed by atoms with Crippen LogP contribution in [0.3, 0.4) is 0 Å². The molecule has 0 aliphatic rings. The monoisotopic (exact) mass is 491 g/mol. The number of hydrogen-bond donors (Lipinski definition) is 3. The number of nitrogens with one attached hydrogen (secondary N) is 2. The van der Waals surface area contributed by atoms with Crippen molar-refractivity contribution < 1.29 is 24.2 Å². The lowest BCUT2D eigenvalue weighted by Gasteiger charge is -2.39. The summed E-state index contributed by atoms with van der Waals surface area (Å²) in [6, 6.07) is 2.67. The zero-order valence-corrected chi connectivity index (χ0v) is 23.3. The minimum absolute atomic E-state index is 0.107. The fraction of sp³-hybridized carbons (Fsp3) is 0.667. The van der Waals surface area contributed by atoms with E-state index in [1.165, 1.54) is 11.0 Å². The molecule has 3 N–H and O–H groups in total. The summed E-state index contributed by atoms with van der Waals surface area (Å²) in [5.41, 5.74) is -0.0802. The number of carbonyl (C=O) groups excluding carboxylic acids is 3. The fourth-order valence-corrected chi connectivity index (χ4v) is 3.68. The number of hydrogen-bond acceptors (Lipinski definition) is 5. The molecule has 0 saturated heterocycles. The van der Waals surface area contributed by atoms with Crippen LogP contribution in [0.25, 0.3) is 0 Å². The number of aryl methyl sites for hydroxylation is 1. The number of aromatic hydroxyl groups is 1. The van der Waals surface area contributed by atoms with E-state index in [4.69, 9.17) is 4.74 Å². The van der Waals surface area contributed by atoms with Crippen molar-refractivity contribution in [3.8, 4) is 5.75 Å². The Morgan fingerprint density at radius 3 is 2.06 bits per heavy atom. The van der Waals surface area contributed by atoms with Gasteiger partial charge in [0.05, 0.1) is 0 Å². The Morgan fingerprint density at radius 2 is 1.63 bits per heavy atom. The molecule has 3 unspecified atom stereocenters. The van der Waals surface area contributed by atoms with Crippen LogP contribution < -0.4 is 10.6 Å². The molecule has 198 valence electrons. The van der Waals surface area contributed by atoms with Gasteiger partial charge in [-0.15, -0.1) is 0 Å². The zero-order valence-electron chi connectivity index (χ0n) is 23.3. The largest absolute Gasteiger partial charge is 0.508 e. The Labute approximate surface area is 210 Å². The minimum Gasteiger partial charge on any atom is -0.508 e. The maximum atomic E-state index is 14.0. The summed E-state index contributed by atoms with van der Waals surface area (Å²) >= 11 is 0. The molecular weight excluding hydrogens is 446 g/mol. The first-order valence-corrected chi connectivity index (χ1v) is 12.3. The Kier molecular flexibility index (Phi) is 10.2. The summed E-state index contributed by atoms with van der Waals surface area (Å²) in [5, 5.41) is 15.8. The Morgan fingerprint density at radius 1 is 1.06 bits per heavy atom. The maximum absolute atomic E-state index is 14.0. The number of amides is 3. The molecule has 0 bridgehead atoms. The van der Waals surface area contributed by atoms with E-state index in [2.05, 4.69) is 10.6 Å². The van der Waals surface area contributed by atoms with Gasteiger partial charge >= 0.3 is 6.09 Å². The van der Waals surface area contributed by atoms with Crippen LogP contribution in [0.1, 0.15) is 92.8 Å². The van der Waals surface area contributed by atoms with Crippen LogP contribution in [0.5, 0.6) is 5.75 Å². The molecule has 8 nitrogen and oxygen atoms in total. The molecule has 0 radical (unpaired) electrons. The highest BCUT2D eigenvalue weighted by atomic mass is 16.6. The Balaban J connectivity index is 3.57. The Bertz CT molecular complexity index is 899. The number of alkyl carbamates (subject to hydrolysis) is 1. The molecule has 0 aromatic heterocycles. The third-order valence-electron chi connectivity index (χ3n) is 5.52. The molecule has 8 heteroatoms. The van der Waals surface area contributed by atoms with E-state index in [1.807, 2.05) is 48.5 Å². The molecule has 3 amide bonds. The lowest BCUT2D eigenvalue weighted by Crippen LogP contribution is -2.58. The van der Waals surface area contributed by atoms with Gasteiger partial charge in [-0.1, -0.05) is 26.3 Å². The Hall–Kier alpha value is -2.77. The molecule has 1 aromatic carbocycles. The molecule has 0 heterocycles. The second kappa shape index (κ2) is 11.8. The average Bonchev–Trinajstić information content (AvgIpc) is 2.68. The lowest BCUT2D eigenvalue weighted by atomic mass is 9.94. The quantitative estimate of drug-likeness (QED) is 0.483. The van der Waals surface area contributed by atoms with Gasteiger partial charge in [-0.25, -0.2) is 4.79 Å². The molecule has 0 aliphatic carbocycles. The van der Waals surface area contributed by atoms with Crippen molar-refractivity contribution in [3.63, 3.8) is 0 Å². The fourth-order valence-electron chi connectivity index (χ4n) is 3.68. The van der Waals surface area contributed by atoms with Gasteiger partial charge in [0.2, 0.25) is 11.8 Å². The van der Waals surface area contributed by atoms with Gasteiger partial charge in [0.1, 0.15) is 23.4 Å². The van der Waals surface area contributed by atoms with Crippen molar-refractivity contribution in [2.75, 3.05) is 0 Å². The van der Waals surface area contributed by atoms with Crippen molar-refractivity contribution in [2.45, 2.75) is 112 Å².